The normalized spacial score (nSPS) is 18.0. The fourth-order valence-electron chi connectivity index (χ4n) is 3.16. The van der Waals surface area contributed by atoms with Crippen LogP contribution in [0.15, 0.2) is 6.07 Å². The smallest absolute Gasteiger partial charge is 0.0386 e. The second-order valence-electron chi connectivity index (χ2n) is 7.18. The first-order valence-corrected chi connectivity index (χ1v) is 9.30. The summed E-state index contributed by atoms with van der Waals surface area (Å²) in [6.45, 7) is 8.02. The molecule has 3 heteroatoms. The van der Waals surface area contributed by atoms with Gasteiger partial charge in [-0.05, 0) is 70.7 Å². The highest BCUT2D eigenvalue weighted by Crippen LogP contribution is 2.32. The van der Waals surface area contributed by atoms with Crippen molar-refractivity contribution in [2.45, 2.75) is 65.0 Å². The molecule has 1 aromatic heterocycles. The Labute approximate surface area is 134 Å². The molecule has 2 rings (SSSR count). The van der Waals surface area contributed by atoms with E-state index in [1.165, 1.54) is 37.0 Å². The van der Waals surface area contributed by atoms with Gasteiger partial charge >= 0.3 is 0 Å². The minimum atomic E-state index is 0.482. The van der Waals surface area contributed by atoms with Crippen molar-refractivity contribution < 1.29 is 0 Å². The van der Waals surface area contributed by atoms with Gasteiger partial charge in [-0.3, -0.25) is 0 Å². The van der Waals surface area contributed by atoms with Crippen LogP contribution >= 0.6 is 11.3 Å². The molecule has 0 aromatic carbocycles. The summed E-state index contributed by atoms with van der Waals surface area (Å²) >= 11 is 2.04. The van der Waals surface area contributed by atoms with Crippen LogP contribution in [0.4, 0.5) is 0 Å². The monoisotopic (exact) mass is 308 g/mol. The molecule has 0 bridgehead atoms. The molecule has 2 atom stereocenters. The standard InChI is InChI=1S/C18H32N2S/c1-13(2)10-16(20(4)5)12-19-14(3)18-11-15-8-6-7-9-17(15)21-18/h11,13-14,16,19H,6-10,12H2,1-5H3. The van der Waals surface area contributed by atoms with E-state index in [9.17, 15) is 0 Å². The quantitative estimate of drug-likeness (QED) is 0.810. The van der Waals surface area contributed by atoms with Gasteiger partial charge in [0.1, 0.15) is 0 Å². The average molecular weight is 309 g/mol. The highest BCUT2D eigenvalue weighted by Gasteiger charge is 2.18. The summed E-state index contributed by atoms with van der Waals surface area (Å²) in [5.74, 6) is 0.753. The first-order valence-electron chi connectivity index (χ1n) is 8.48. The van der Waals surface area contributed by atoms with Gasteiger partial charge in [-0.25, -0.2) is 0 Å². The van der Waals surface area contributed by atoms with Crippen molar-refractivity contribution in [3.8, 4) is 0 Å². The molecule has 0 spiro atoms. The maximum Gasteiger partial charge on any atom is 0.0386 e. The minimum Gasteiger partial charge on any atom is -0.308 e. The second kappa shape index (κ2) is 7.75. The van der Waals surface area contributed by atoms with Crippen LogP contribution in [0.25, 0.3) is 0 Å². The third-order valence-corrected chi connectivity index (χ3v) is 6.00. The predicted octanol–water partition coefficient (Wildman–Crippen LogP) is 4.25. The summed E-state index contributed by atoms with van der Waals surface area (Å²) in [6.07, 6.45) is 6.62. The van der Waals surface area contributed by atoms with Crippen LogP contribution in [-0.2, 0) is 12.8 Å². The molecule has 1 N–H and O–H groups in total. The third-order valence-electron chi connectivity index (χ3n) is 4.58. The molecule has 0 saturated carbocycles. The van der Waals surface area contributed by atoms with E-state index in [4.69, 9.17) is 0 Å². The highest BCUT2D eigenvalue weighted by molar-refractivity contribution is 7.12. The first kappa shape index (κ1) is 17.0. The van der Waals surface area contributed by atoms with Gasteiger partial charge in [0, 0.05) is 28.4 Å². The summed E-state index contributed by atoms with van der Waals surface area (Å²) < 4.78 is 0. The molecule has 0 amide bonds. The molecule has 0 aliphatic heterocycles. The Hall–Kier alpha value is -0.380. The number of thiophene rings is 1. The van der Waals surface area contributed by atoms with Gasteiger partial charge in [0.25, 0.3) is 0 Å². The number of fused-ring (bicyclic) bond motifs is 1. The van der Waals surface area contributed by atoms with Gasteiger partial charge in [-0.15, -0.1) is 11.3 Å². The molecule has 0 saturated heterocycles. The van der Waals surface area contributed by atoms with Crippen molar-refractivity contribution in [1.82, 2.24) is 10.2 Å². The molecule has 1 aromatic rings. The molecule has 2 nitrogen and oxygen atoms in total. The molecule has 21 heavy (non-hydrogen) atoms. The molecule has 2 unspecified atom stereocenters. The molecule has 1 heterocycles. The van der Waals surface area contributed by atoms with Gasteiger partial charge in [-0.1, -0.05) is 13.8 Å². The molecule has 1 aliphatic rings. The summed E-state index contributed by atoms with van der Waals surface area (Å²) in [6, 6.07) is 3.57. The van der Waals surface area contributed by atoms with E-state index in [1.54, 1.807) is 10.4 Å². The molecule has 1 aliphatic carbocycles. The summed E-state index contributed by atoms with van der Waals surface area (Å²) in [5, 5.41) is 3.76. The topological polar surface area (TPSA) is 15.3 Å². The van der Waals surface area contributed by atoms with Crippen LogP contribution in [0.1, 0.15) is 61.4 Å². The maximum atomic E-state index is 3.76. The third kappa shape index (κ3) is 4.80. The molecule has 0 fully saturated rings. The number of nitrogens with zero attached hydrogens (tertiary/aromatic N) is 1. The van der Waals surface area contributed by atoms with E-state index < -0.39 is 0 Å². The van der Waals surface area contributed by atoms with E-state index >= 15 is 0 Å². The lowest BCUT2D eigenvalue weighted by molar-refractivity contribution is 0.242. The largest absolute Gasteiger partial charge is 0.308 e. The average Bonchev–Trinajstić information content (AvgIpc) is 2.86. The van der Waals surface area contributed by atoms with Crippen molar-refractivity contribution in [2.24, 2.45) is 5.92 Å². The summed E-state index contributed by atoms with van der Waals surface area (Å²) in [5.41, 5.74) is 1.63. The number of aryl methyl sites for hydroxylation is 2. The lowest BCUT2D eigenvalue weighted by Crippen LogP contribution is -2.39. The Balaban J connectivity index is 1.91. The van der Waals surface area contributed by atoms with Gasteiger partial charge in [-0.2, -0.15) is 0 Å². The lowest BCUT2D eigenvalue weighted by Gasteiger charge is -2.27. The van der Waals surface area contributed by atoms with Crippen LogP contribution in [-0.4, -0.2) is 31.6 Å². The highest BCUT2D eigenvalue weighted by atomic mass is 32.1. The Bertz CT molecular complexity index is 413. The van der Waals surface area contributed by atoms with Gasteiger partial charge in [0.2, 0.25) is 0 Å². The van der Waals surface area contributed by atoms with Crippen molar-refractivity contribution in [1.29, 1.82) is 0 Å². The van der Waals surface area contributed by atoms with Crippen LogP contribution in [0.3, 0.4) is 0 Å². The van der Waals surface area contributed by atoms with E-state index in [-0.39, 0.29) is 0 Å². The fourth-order valence-corrected chi connectivity index (χ4v) is 4.45. The van der Waals surface area contributed by atoms with E-state index in [1.807, 2.05) is 11.3 Å². The zero-order valence-electron chi connectivity index (χ0n) is 14.4. The van der Waals surface area contributed by atoms with Crippen LogP contribution in [0.2, 0.25) is 0 Å². The van der Waals surface area contributed by atoms with E-state index in [0.29, 0.717) is 12.1 Å². The van der Waals surface area contributed by atoms with Crippen molar-refractivity contribution in [3.05, 3.63) is 21.4 Å². The van der Waals surface area contributed by atoms with E-state index in [0.717, 1.165) is 12.5 Å². The number of hydrogen-bond donors (Lipinski definition) is 1. The molecular weight excluding hydrogens is 276 g/mol. The zero-order valence-corrected chi connectivity index (χ0v) is 15.2. The van der Waals surface area contributed by atoms with Crippen molar-refractivity contribution in [2.75, 3.05) is 20.6 Å². The predicted molar refractivity (Wildman–Crippen MR) is 94.3 cm³/mol. The van der Waals surface area contributed by atoms with E-state index in [2.05, 4.69) is 51.1 Å². The summed E-state index contributed by atoms with van der Waals surface area (Å²) in [4.78, 5) is 5.54. The van der Waals surface area contributed by atoms with Gasteiger partial charge in [0.05, 0.1) is 0 Å². The van der Waals surface area contributed by atoms with Crippen LogP contribution in [0.5, 0.6) is 0 Å². The van der Waals surface area contributed by atoms with Crippen molar-refractivity contribution in [3.63, 3.8) is 0 Å². The molecule has 120 valence electrons. The van der Waals surface area contributed by atoms with Crippen LogP contribution in [0, 0.1) is 5.92 Å². The number of rotatable bonds is 7. The first-order chi connectivity index (χ1) is 9.97. The van der Waals surface area contributed by atoms with Gasteiger partial charge in [0.15, 0.2) is 0 Å². The maximum absolute atomic E-state index is 3.76. The Kier molecular flexibility index (Phi) is 6.27. The Morgan fingerprint density at radius 3 is 2.52 bits per heavy atom. The molecular formula is C18H32N2S. The van der Waals surface area contributed by atoms with Gasteiger partial charge < -0.3 is 10.2 Å². The Morgan fingerprint density at radius 1 is 1.19 bits per heavy atom. The zero-order chi connectivity index (χ0) is 15.4. The van der Waals surface area contributed by atoms with Crippen molar-refractivity contribution >= 4 is 11.3 Å². The molecule has 0 radical (unpaired) electrons. The second-order valence-corrected chi connectivity index (χ2v) is 8.35. The minimum absolute atomic E-state index is 0.482. The Morgan fingerprint density at radius 2 is 1.90 bits per heavy atom. The number of likely N-dealkylation sites (N-methyl/N-ethyl adjacent to an activating group) is 1. The number of hydrogen-bond acceptors (Lipinski definition) is 3. The lowest BCUT2D eigenvalue weighted by atomic mass is 9.99. The number of nitrogens with one attached hydrogen (secondary N) is 1. The van der Waals surface area contributed by atoms with Crippen LogP contribution < -0.4 is 5.32 Å². The fraction of sp³-hybridized carbons (Fsp3) is 0.778. The SMILES string of the molecule is CC(C)CC(CNC(C)c1cc2c(s1)CCCC2)N(C)C. The summed E-state index contributed by atoms with van der Waals surface area (Å²) in [7, 11) is 4.40.